The molecule has 27 heavy (non-hydrogen) atoms. The van der Waals surface area contributed by atoms with E-state index in [9.17, 15) is 23.4 Å². The van der Waals surface area contributed by atoms with Gasteiger partial charge in [0.25, 0.3) is 0 Å². The van der Waals surface area contributed by atoms with Gasteiger partial charge in [0.2, 0.25) is 0 Å². The van der Waals surface area contributed by atoms with Crippen LogP contribution < -0.4 is 15.4 Å². The fraction of sp³-hybridized carbons (Fsp3) is 0.368. The Morgan fingerprint density at radius 2 is 1.85 bits per heavy atom. The number of hydrogen-bond acceptors (Lipinski definition) is 5. The van der Waals surface area contributed by atoms with Crippen LogP contribution in [0.15, 0.2) is 42.5 Å². The van der Waals surface area contributed by atoms with Gasteiger partial charge >= 0.3 is 6.36 Å². The molecule has 146 valence electrons. The van der Waals surface area contributed by atoms with Gasteiger partial charge in [0.1, 0.15) is 5.75 Å². The number of piperidine rings is 1. The first kappa shape index (κ1) is 19.3. The molecule has 0 saturated carbocycles. The van der Waals surface area contributed by atoms with E-state index in [1.165, 1.54) is 0 Å². The second-order valence-electron chi connectivity index (χ2n) is 6.43. The highest BCUT2D eigenvalue weighted by Gasteiger charge is 2.33. The average Bonchev–Trinajstić information content (AvgIpc) is 2.64. The molecule has 1 aliphatic heterocycles. The minimum Gasteiger partial charge on any atom is -0.507 e. The molecule has 0 radical (unpaired) electrons. The maximum atomic E-state index is 12.4. The van der Waals surface area contributed by atoms with Crippen LogP contribution in [0.25, 0.3) is 0 Å². The minimum absolute atomic E-state index is 0.00238. The van der Waals surface area contributed by atoms with Gasteiger partial charge in [0.15, 0.2) is 11.5 Å². The Hall–Kier alpha value is -2.45. The molecule has 2 aromatic carbocycles. The van der Waals surface area contributed by atoms with Crippen molar-refractivity contribution in [2.75, 3.05) is 6.54 Å². The van der Waals surface area contributed by atoms with E-state index in [1.807, 2.05) is 30.3 Å². The van der Waals surface area contributed by atoms with Gasteiger partial charge in [-0.3, -0.25) is 0 Å². The summed E-state index contributed by atoms with van der Waals surface area (Å²) in [6.07, 6.45) is -3.13. The Morgan fingerprint density at radius 3 is 2.56 bits per heavy atom. The summed E-state index contributed by atoms with van der Waals surface area (Å²) in [6.45, 7) is 0.867. The third kappa shape index (κ3) is 4.84. The molecule has 2 unspecified atom stereocenters. The largest absolute Gasteiger partial charge is 0.573 e. The maximum absolute atomic E-state index is 12.4. The summed E-state index contributed by atoms with van der Waals surface area (Å²) >= 11 is 0. The van der Waals surface area contributed by atoms with E-state index in [0.29, 0.717) is 0 Å². The normalized spacial score (nSPS) is 20.4. The van der Waals surface area contributed by atoms with E-state index in [-0.39, 0.29) is 29.9 Å². The molecule has 0 aliphatic carbocycles. The van der Waals surface area contributed by atoms with Gasteiger partial charge in [-0.05, 0) is 37.1 Å². The molecule has 3 rings (SSSR count). The van der Waals surface area contributed by atoms with Crippen LogP contribution in [-0.2, 0) is 6.54 Å². The fourth-order valence-electron chi connectivity index (χ4n) is 3.34. The predicted octanol–water partition coefficient (Wildman–Crippen LogP) is 3.58. The fourth-order valence-corrected chi connectivity index (χ4v) is 3.34. The number of rotatable bonds is 5. The van der Waals surface area contributed by atoms with Gasteiger partial charge in [-0.15, -0.1) is 13.2 Å². The summed E-state index contributed by atoms with van der Waals surface area (Å²) in [4.78, 5) is 0. The highest BCUT2D eigenvalue weighted by Crippen LogP contribution is 2.38. The number of alkyl halides is 3. The van der Waals surface area contributed by atoms with Crippen LogP contribution in [0.5, 0.6) is 17.2 Å². The first-order chi connectivity index (χ1) is 12.8. The van der Waals surface area contributed by atoms with Gasteiger partial charge in [0.05, 0.1) is 5.56 Å². The molecule has 2 aromatic rings. The third-order valence-electron chi connectivity index (χ3n) is 4.60. The number of hydrogen-bond donors (Lipinski definition) is 4. The molecule has 0 amide bonds. The van der Waals surface area contributed by atoms with Crippen LogP contribution >= 0.6 is 0 Å². The van der Waals surface area contributed by atoms with E-state index >= 15 is 0 Å². The SMILES string of the molecule is Oc1ccc(OC(F)(F)F)c(O)c1CNC1CCCNC1c1ccccc1. The van der Waals surface area contributed by atoms with Crippen LogP contribution in [0.2, 0.25) is 0 Å². The second-order valence-corrected chi connectivity index (χ2v) is 6.43. The number of nitrogens with one attached hydrogen (secondary N) is 2. The van der Waals surface area contributed by atoms with Crippen LogP contribution in [0.4, 0.5) is 13.2 Å². The van der Waals surface area contributed by atoms with Gasteiger partial charge in [-0.1, -0.05) is 30.3 Å². The van der Waals surface area contributed by atoms with Gasteiger partial charge in [-0.2, -0.15) is 0 Å². The number of ether oxygens (including phenoxy) is 1. The number of phenolic OH excluding ortho intramolecular Hbond substituents is 2. The Morgan fingerprint density at radius 1 is 1.11 bits per heavy atom. The van der Waals surface area contributed by atoms with Crippen LogP contribution in [0.1, 0.15) is 30.0 Å². The van der Waals surface area contributed by atoms with Crippen LogP contribution in [0, 0.1) is 0 Å². The number of benzene rings is 2. The Kier molecular flexibility index (Phi) is 5.76. The standard InChI is InChI=1S/C19H21F3N2O3/c20-19(21,22)27-16-9-8-15(25)13(18(16)26)11-24-14-7-4-10-23-17(14)12-5-2-1-3-6-12/h1-3,5-6,8-9,14,17,23-26H,4,7,10-11H2. The van der Waals surface area contributed by atoms with Crippen molar-refractivity contribution in [3.63, 3.8) is 0 Å². The summed E-state index contributed by atoms with van der Waals surface area (Å²) in [5.74, 6) is -1.76. The van der Waals surface area contributed by atoms with Crippen molar-refractivity contribution in [1.82, 2.24) is 10.6 Å². The molecule has 2 atom stereocenters. The highest BCUT2D eigenvalue weighted by atomic mass is 19.4. The monoisotopic (exact) mass is 382 g/mol. The lowest BCUT2D eigenvalue weighted by Crippen LogP contribution is -2.45. The highest BCUT2D eigenvalue weighted by molar-refractivity contribution is 5.52. The molecule has 0 aromatic heterocycles. The topological polar surface area (TPSA) is 73.8 Å². The Labute approximate surface area is 154 Å². The summed E-state index contributed by atoms with van der Waals surface area (Å²) in [7, 11) is 0. The summed E-state index contributed by atoms with van der Waals surface area (Å²) in [5.41, 5.74) is 1.06. The first-order valence-corrected chi connectivity index (χ1v) is 8.66. The van der Waals surface area contributed by atoms with Gasteiger partial charge in [0, 0.05) is 18.6 Å². The molecule has 4 N–H and O–H groups in total. The molecule has 0 spiro atoms. The van der Waals surface area contributed by atoms with E-state index < -0.39 is 17.9 Å². The summed E-state index contributed by atoms with van der Waals surface area (Å²) < 4.78 is 41.2. The Bertz CT molecular complexity index is 769. The molecule has 1 saturated heterocycles. The van der Waals surface area contributed by atoms with Crippen molar-refractivity contribution in [3.8, 4) is 17.2 Å². The maximum Gasteiger partial charge on any atom is 0.573 e. The van der Waals surface area contributed by atoms with Crippen molar-refractivity contribution < 1.29 is 28.1 Å². The zero-order valence-electron chi connectivity index (χ0n) is 14.5. The summed E-state index contributed by atoms with van der Waals surface area (Å²) in [6, 6.07) is 11.8. The molecule has 8 heteroatoms. The number of phenols is 2. The zero-order valence-corrected chi connectivity index (χ0v) is 14.5. The van der Waals surface area contributed by atoms with E-state index in [1.54, 1.807) is 0 Å². The van der Waals surface area contributed by atoms with Crippen molar-refractivity contribution in [3.05, 3.63) is 53.6 Å². The minimum atomic E-state index is -4.93. The quantitative estimate of drug-likeness (QED) is 0.636. The van der Waals surface area contributed by atoms with Gasteiger partial charge < -0.3 is 25.6 Å². The predicted molar refractivity (Wildman–Crippen MR) is 93.5 cm³/mol. The van der Waals surface area contributed by atoms with Gasteiger partial charge in [-0.25, -0.2) is 0 Å². The number of halogens is 3. The van der Waals surface area contributed by atoms with E-state index in [4.69, 9.17) is 0 Å². The Balaban J connectivity index is 1.76. The molecule has 1 fully saturated rings. The van der Waals surface area contributed by atoms with Crippen molar-refractivity contribution in [2.45, 2.75) is 37.8 Å². The smallest absolute Gasteiger partial charge is 0.507 e. The number of aromatic hydroxyl groups is 2. The van der Waals surface area contributed by atoms with E-state index in [2.05, 4.69) is 15.4 Å². The van der Waals surface area contributed by atoms with Crippen LogP contribution in [-0.4, -0.2) is 29.2 Å². The second kappa shape index (κ2) is 8.06. The summed E-state index contributed by atoms with van der Waals surface area (Å²) in [5, 5.41) is 26.8. The lowest BCUT2D eigenvalue weighted by atomic mass is 9.92. The lowest BCUT2D eigenvalue weighted by molar-refractivity contribution is -0.275. The average molecular weight is 382 g/mol. The lowest BCUT2D eigenvalue weighted by Gasteiger charge is -2.34. The molecular weight excluding hydrogens is 361 g/mol. The van der Waals surface area contributed by atoms with Crippen molar-refractivity contribution in [2.24, 2.45) is 0 Å². The molecule has 5 nitrogen and oxygen atoms in total. The molecular formula is C19H21F3N2O3. The van der Waals surface area contributed by atoms with Crippen molar-refractivity contribution in [1.29, 1.82) is 0 Å². The zero-order chi connectivity index (χ0) is 19.4. The third-order valence-corrected chi connectivity index (χ3v) is 4.60. The first-order valence-electron chi connectivity index (χ1n) is 8.66. The van der Waals surface area contributed by atoms with Crippen LogP contribution in [0.3, 0.4) is 0 Å². The molecule has 1 heterocycles. The van der Waals surface area contributed by atoms with E-state index in [0.717, 1.165) is 37.1 Å². The molecule has 1 aliphatic rings. The van der Waals surface area contributed by atoms with Crippen molar-refractivity contribution >= 4 is 0 Å². The molecule has 0 bridgehead atoms.